The summed E-state index contributed by atoms with van der Waals surface area (Å²) < 4.78 is 13.6. The minimum absolute atomic E-state index is 0.376. The van der Waals surface area contributed by atoms with Crippen molar-refractivity contribution >= 4 is 21.4 Å². The third-order valence-electron chi connectivity index (χ3n) is 1.87. The molecule has 0 unspecified atom stereocenters. The molecule has 0 atom stereocenters. The topological polar surface area (TPSA) is 47.6 Å². The Labute approximate surface area is 83.4 Å². The fourth-order valence-corrected chi connectivity index (χ4v) is 2.13. The molecule has 0 spiro atoms. The Kier molecular flexibility index (Phi) is 1.92. The van der Waals surface area contributed by atoms with Crippen LogP contribution in [0.4, 0.5) is 4.39 Å². The van der Waals surface area contributed by atoms with E-state index < -0.39 is 0 Å². The molecule has 0 fully saturated rings. The maximum Gasteiger partial charge on any atom is 0.141 e. The SMILES string of the molecule is N#Cc1cc2c(C#N)ccc(F)c2s1. The second-order valence-corrected chi connectivity index (χ2v) is 3.72. The van der Waals surface area contributed by atoms with Gasteiger partial charge in [0, 0.05) is 5.39 Å². The molecule has 2 nitrogen and oxygen atoms in total. The average Bonchev–Trinajstić information content (AvgIpc) is 2.63. The number of rotatable bonds is 0. The van der Waals surface area contributed by atoms with Crippen molar-refractivity contribution in [2.45, 2.75) is 0 Å². The van der Waals surface area contributed by atoms with Crippen LogP contribution in [0.2, 0.25) is 0 Å². The van der Waals surface area contributed by atoms with Crippen LogP contribution >= 0.6 is 11.3 Å². The molecule has 0 aliphatic heterocycles. The number of thiophene rings is 1. The van der Waals surface area contributed by atoms with Gasteiger partial charge in [-0.3, -0.25) is 0 Å². The fourth-order valence-electron chi connectivity index (χ4n) is 1.24. The zero-order chi connectivity index (χ0) is 10.1. The Hall–Kier alpha value is -1.91. The van der Waals surface area contributed by atoms with Crippen LogP contribution in [0.5, 0.6) is 0 Å². The normalized spacial score (nSPS) is 9.64. The van der Waals surface area contributed by atoms with Gasteiger partial charge in [-0.2, -0.15) is 10.5 Å². The van der Waals surface area contributed by atoms with Crippen molar-refractivity contribution in [2.24, 2.45) is 0 Å². The summed E-state index contributed by atoms with van der Waals surface area (Å²) in [4.78, 5) is 0.418. The van der Waals surface area contributed by atoms with Gasteiger partial charge in [0.2, 0.25) is 0 Å². The second kappa shape index (κ2) is 3.10. The van der Waals surface area contributed by atoms with Crippen LogP contribution in [0.1, 0.15) is 10.4 Å². The molecule has 0 aliphatic carbocycles. The van der Waals surface area contributed by atoms with Crippen LogP contribution in [0.25, 0.3) is 10.1 Å². The molecule has 1 heterocycles. The van der Waals surface area contributed by atoms with E-state index in [1.54, 1.807) is 6.07 Å². The van der Waals surface area contributed by atoms with E-state index >= 15 is 0 Å². The third kappa shape index (κ3) is 1.14. The highest BCUT2D eigenvalue weighted by atomic mass is 32.1. The van der Waals surface area contributed by atoms with Gasteiger partial charge in [-0.1, -0.05) is 0 Å². The zero-order valence-electron chi connectivity index (χ0n) is 6.91. The highest BCUT2D eigenvalue weighted by molar-refractivity contribution is 7.19. The number of halogens is 1. The molecular weight excluding hydrogens is 199 g/mol. The van der Waals surface area contributed by atoms with Gasteiger partial charge in [-0.15, -0.1) is 11.3 Å². The van der Waals surface area contributed by atoms with E-state index in [9.17, 15) is 4.39 Å². The molecule has 0 radical (unpaired) electrons. The molecule has 0 saturated carbocycles. The minimum Gasteiger partial charge on any atom is -0.205 e. The lowest BCUT2D eigenvalue weighted by atomic mass is 10.1. The summed E-state index contributed by atoms with van der Waals surface area (Å²) >= 11 is 1.07. The fraction of sp³-hybridized carbons (Fsp3) is 0. The van der Waals surface area contributed by atoms with Crippen LogP contribution in [0.15, 0.2) is 18.2 Å². The average molecular weight is 202 g/mol. The van der Waals surface area contributed by atoms with Crippen molar-refractivity contribution in [1.29, 1.82) is 10.5 Å². The van der Waals surface area contributed by atoms with E-state index in [0.717, 1.165) is 11.3 Å². The van der Waals surface area contributed by atoms with E-state index in [1.165, 1.54) is 12.1 Å². The summed E-state index contributed by atoms with van der Waals surface area (Å²) in [5.74, 6) is -0.384. The number of hydrogen-bond donors (Lipinski definition) is 0. The first-order valence-electron chi connectivity index (χ1n) is 3.78. The maximum absolute atomic E-state index is 13.2. The lowest BCUT2D eigenvalue weighted by molar-refractivity contribution is 0.641. The van der Waals surface area contributed by atoms with Crippen LogP contribution in [0.3, 0.4) is 0 Å². The molecule has 4 heteroatoms. The summed E-state index contributed by atoms with van der Waals surface area (Å²) in [6.07, 6.45) is 0. The second-order valence-electron chi connectivity index (χ2n) is 2.67. The molecule has 1 aromatic heterocycles. The zero-order valence-corrected chi connectivity index (χ0v) is 7.73. The molecule has 14 heavy (non-hydrogen) atoms. The summed E-state index contributed by atoms with van der Waals surface area (Å²) in [7, 11) is 0. The van der Waals surface area contributed by atoms with Crippen molar-refractivity contribution < 1.29 is 4.39 Å². The van der Waals surface area contributed by atoms with Gasteiger partial charge >= 0.3 is 0 Å². The first kappa shape index (κ1) is 8.68. The van der Waals surface area contributed by atoms with Crippen molar-refractivity contribution in [3.05, 3.63) is 34.5 Å². The monoisotopic (exact) mass is 202 g/mol. The largest absolute Gasteiger partial charge is 0.205 e. The lowest BCUT2D eigenvalue weighted by Gasteiger charge is -1.92. The minimum atomic E-state index is -0.384. The van der Waals surface area contributed by atoms with Gasteiger partial charge in [0.15, 0.2) is 0 Å². The van der Waals surface area contributed by atoms with Gasteiger partial charge in [0.25, 0.3) is 0 Å². The Morgan fingerprint density at radius 2 is 2.00 bits per heavy atom. The van der Waals surface area contributed by atoms with Gasteiger partial charge in [0.1, 0.15) is 16.8 Å². The molecule has 2 rings (SSSR count). The molecule has 0 saturated heterocycles. The van der Waals surface area contributed by atoms with Crippen molar-refractivity contribution in [3.63, 3.8) is 0 Å². The van der Waals surface area contributed by atoms with E-state index in [0.29, 0.717) is 20.5 Å². The predicted molar refractivity (Wildman–Crippen MR) is 51.2 cm³/mol. The van der Waals surface area contributed by atoms with Crippen LogP contribution in [-0.2, 0) is 0 Å². The molecule has 0 aliphatic rings. The van der Waals surface area contributed by atoms with E-state index in [-0.39, 0.29) is 5.82 Å². The molecule has 0 N–H and O–H groups in total. The van der Waals surface area contributed by atoms with Gasteiger partial charge in [0.05, 0.1) is 16.3 Å². The van der Waals surface area contributed by atoms with Crippen LogP contribution in [-0.4, -0.2) is 0 Å². The molecule has 0 bridgehead atoms. The molecular formula is C10H3FN2S. The Morgan fingerprint density at radius 3 is 2.64 bits per heavy atom. The number of benzene rings is 1. The maximum atomic E-state index is 13.2. The Balaban J connectivity index is 2.92. The van der Waals surface area contributed by atoms with Crippen molar-refractivity contribution in [1.82, 2.24) is 0 Å². The molecule has 1 aromatic carbocycles. The van der Waals surface area contributed by atoms with E-state index in [4.69, 9.17) is 10.5 Å². The standard InChI is InChI=1S/C10H3FN2S/c11-9-2-1-6(4-12)8-3-7(5-13)14-10(8)9/h1-3H. The summed E-state index contributed by atoms with van der Waals surface area (Å²) in [6, 6.07) is 8.12. The summed E-state index contributed by atoms with van der Waals surface area (Å²) in [6.45, 7) is 0. The number of nitrogens with zero attached hydrogens (tertiary/aromatic N) is 2. The highest BCUT2D eigenvalue weighted by Crippen LogP contribution is 2.29. The van der Waals surface area contributed by atoms with Crippen LogP contribution in [0, 0.1) is 28.5 Å². The third-order valence-corrected chi connectivity index (χ3v) is 2.91. The highest BCUT2D eigenvalue weighted by Gasteiger charge is 2.09. The number of nitriles is 2. The summed E-state index contributed by atoms with van der Waals surface area (Å²) in [5, 5.41) is 17.9. The number of hydrogen-bond acceptors (Lipinski definition) is 3. The van der Waals surface area contributed by atoms with E-state index in [2.05, 4.69) is 0 Å². The van der Waals surface area contributed by atoms with Gasteiger partial charge in [-0.05, 0) is 18.2 Å². The summed E-state index contributed by atoms with van der Waals surface area (Å²) in [5.41, 5.74) is 0.402. The Bertz CT molecular complexity index is 586. The first-order chi connectivity index (χ1) is 6.76. The smallest absolute Gasteiger partial charge is 0.141 e. The van der Waals surface area contributed by atoms with Crippen LogP contribution < -0.4 is 0 Å². The predicted octanol–water partition coefficient (Wildman–Crippen LogP) is 2.78. The molecule has 66 valence electrons. The van der Waals surface area contributed by atoms with Crippen molar-refractivity contribution in [3.8, 4) is 12.1 Å². The number of fused-ring (bicyclic) bond motifs is 1. The lowest BCUT2D eigenvalue weighted by Crippen LogP contribution is -1.78. The van der Waals surface area contributed by atoms with E-state index in [1.807, 2.05) is 12.1 Å². The van der Waals surface area contributed by atoms with Gasteiger partial charge < -0.3 is 0 Å². The first-order valence-corrected chi connectivity index (χ1v) is 4.60. The van der Waals surface area contributed by atoms with Gasteiger partial charge in [-0.25, -0.2) is 4.39 Å². The van der Waals surface area contributed by atoms with Crippen molar-refractivity contribution in [2.75, 3.05) is 0 Å². The molecule has 0 amide bonds. The quantitative estimate of drug-likeness (QED) is 0.659. The Morgan fingerprint density at radius 1 is 1.21 bits per heavy atom. The molecule has 2 aromatic rings.